The van der Waals surface area contributed by atoms with Gasteiger partial charge in [-0.05, 0) is 48.0 Å². The third kappa shape index (κ3) is 2.86. The highest BCUT2D eigenvalue weighted by atomic mass is 32.1. The van der Waals surface area contributed by atoms with E-state index in [2.05, 4.69) is 5.10 Å². The van der Waals surface area contributed by atoms with Crippen molar-refractivity contribution >= 4 is 38.3 Å². The first-order valence-corrected chi connectivity index (χ1v) is 9.76. The Morgan fingerprint density at radius 2 is 1.68 bits per heavy atom. The summed E-state index contributed by atoms with van der Waals surface area (Å²) in [7, 11) is 0. The number of thiophene rings is 1. The smallest absolute Gasteiger partial charge is 0.353 e. The molecule has 5 rings (SSSR count). The Hall–Kier alpha value is -3.44. The Kier molecular flexibility index (Phi) is 3.95. The van der Waals surface area contributed by atoms with Crippen LogP contribution >= 0.6 is 11.3 Å². The molecule has 0 fully saturated rings. The minimum Gasteiger partial charge on any atom is -0.422 e. The van der Waals surface area contributed by atoms with Crippen molar-refractivity contribution in [1.29, 1.82) is 0 Å². The molecule has 0 aliphatic rings. The summed E-state index contributed by atoms with van der Waals surface area (Å²) in [6, 6.07) is 25.4. The molecule has 0 amide bonds. The highest BCUT2D eigenvalue weighted by Crippen LogP contribution is 2.31. The molecule has 28 heavy (non-hydrogen) atoms. The lowest BCUT2D eigenvalue weighted by Crippen LogP contribution is -2.06. The molecule has 0 unspecified atom stereocenters. The van der Waals surface area contributed by atoms with E-state index in [1.54, 1.807) is 0 Å². The summed E-state index contributed by atoms with van der Waals surface area (Å²) >= 11 is 1.40. The van der Waals surface area contributed by atoms with Gasteiger partial charge in [0.05, 0.1) is 11.4 Å². The van der Waals surface area contributed by atoms with Crippen molar-refractivity contribution in [2.75, 3.05) is 0 Å². The third-order valence-electron chi connectivity index (χ3n) is 4.68. The predicted molar refractivity (Wildman–Crippen MR) is 113 cm³/mol. The maximum Gasteiger partial charge on any atom is 0.353 e. The van der Waals surface area contributed by atoms with Gasteiger partial charge >= 0.3 is 5.97 Å². The molecule has 0 aliphatic heterocycles. The van der Waals surface area contributed by atoms with Gasteiger partial charge < -0.3 is 4.74 Å². The average Bonchev–Trinajstić information content (AvgIpc) is 3.29. The second-order valence-electron chi connectivity index (χ2n) is 6.56. The maximum absolute atomic E-state index is 12.7. The largest absolute Gasteiger partial charge is 0.422 e. The Morgan fingerprint density at radius 3 is 2.50 bits per heavy atom. The molecule has 4 nitrogen and oxygen atoms in total. The second-order valence-corrected chi connectivity index (χ2v) is 7.59. The Bertz CT molecular complexity index is 1320. The van der Waals surface area contributed by atoms with Gasteiger partial charge in [-0.25, -0.2) is 9.48 Å². The van der Waals surface area contributed by atoms with Gasteiger partial charge in [-0.2, -0.15) is 5.10 Å². The van der Waals surface area contributed by atoms with Crippen LogP contribution in [0.1, 0.15) is 15.4 Å². The molecule has 5 aromatic rings. The van der Waals surface area contributed by atoms with Crippen LogP contribution in [0.5, 0.6) is 5.75 Å². The third-order valence-corrected chi connectivity index (χ3v) is 5.77. The van der Waals surface area contributed by atoms with Gasteiger partial charge in [0.25, 0.3) is 0 Å². The molecule has 2 aromatic heterocycles. The molecule has 5 heteroatoms. The number of esters is 1. The summed E-state index contributed by atoms with van der Waals surface area (Å²) in [4.78, 5) is 14.2. The molecular weight excluding hydrogens is 368 g/mol. The normalized spacial score (nSPS) is 11.2. The number of ether oxygens (including phenoxy) is 1. The van der Waals surface area contributed by atoms with Crippen LogP contribution < -0.4 is 4.74 Å². The summed E-state index contributed by atoms with van der Waals surface area (Å²) in [6.45, 7) is 1.95. The number of rotatable bonds is 3. The van der Waals surface area contributed by atoms with Crippen molar-refractivity contribution in [2.24, 2.45) is 0 Å². The van der Waals surface area contributed by atoms with E-state index in [0.29, 0.717) is 10.6 Å². The van der Waals surface area contributed by atoms with E-state index >= 15 is 0 Å². The lowest BCUT2D eigenvalue weighted by atomic mass is 10.1. The average molecular weight is 384 g/mol. The zero-order chi connectivity index (χ0) is 19.1. The van der Waals surface area contributed by atoms with Gasteiger partial charge in [-0.3, -0.25) is 0 Å². The standard InChI is InChI=1S/C23H16N2O2S/c1-15-20-14-21(28-22(20)25(24-15)18-9-3-2-4-10-18)23(26)27-19-12-11-16-7-5-6-8-17(16)13-19/h2-14H,1H3. The van der Waals surface area contributed by atoms with Crippen LogP contribution in [-0.4, -0.2) is 15.7 Å². The van der Waals surface area contributed by atoms with Gasteiger partial charge in [0.15, 0.2) is 0 Å². The summed E-state index contributed by atoms with van der Waals surface area (Å²) in [5.74, 6) is 0.193. The molecule has 0 N–H and O–H groups in total. The molecule has 0 aliphatic carbocycles. The van der Waals surface area contributed by atoms with E-state index in [1.165, 1.54) is 11.3 Å². The molecule has 0 saturated carbocycles. The molecule has 0 saturated heterocycles. The van der Waals surface area contributed by atoms with Crippen LogP contribution in [0.25, 0.3) is 26.7 Å². The number of para-hydroxylation sites is 1. The van der Waals surface area contributed by atoms with Crippen LogP contribution in [0.3, 0.4) is 0 Å². The van der Waals surface area contributed by atoms with E-state index in [9.17, 15) is 4.79 Å². The van der Waals surface area contributed by atoms with Gasteiger partial charge in [-0.15, -0.1) is 11.3 Å². The van der Waals surface area contributed by atoms with Gasteiger partial charge in [0, 0.05) is 5.39 Å². The first-order valence-electron chi connectivity index (χ1n) is 8.94. The highest BCUT2D eigenvalue weighted by molar-refractivity contribution is 7.20. The number of hydrogen-bond donors (Lipinski definition) is 0. The fraction of sp³-hybridized carbons (Fsp3) is 0.0435. The van der Waals surface area contributed by atoms with E-state index in [0.717, 1.165) is 32.4 Å². The number of aromatic nitrogens is 2. The number of benzene rings is 3. The van der Waals surface area contributed by atoms with E-state index in [1.807, 2.05) is 90.5 Å². The fourth-order valence-electron chi connectivity index (χ4n) is 3.28. The summed E-state index contributed by atoms with van der Waals surface area (Å²) < 4.78 is 7.51. The molecule has 2 heterocycles. The number of carbonyl (C=O) groups is 1. The number of aryl methyl sites for hydroxylation is 1. The number of fused-ring (bicyclic) bond motifs is 2. The topological polar surface area (TPSA) is 44.1 Å². The molecule has 0 atom stereocenters. The fourth-order valence-corrected chi connectivity index (χ4v) is 4.34. The maximum atomic E-state index is 12.7. The lowest BCUT2D eigenvalue weighted by molar-refractivity contribution is 0.0740. The van der Waals surface area contributed by atoms with Gasteiger partial charge in [-0.1, -0.05) is 48.5 Å². The van der Waals surface area contributed by atoms with Crippen molar-refractivity contribution in [3.63, 3.8) is 0 Å². The van der Waals surface area contributed by atoms with Gasteiger partial charge in [0.1, 0.15) is 15.5 Å². The molecule has 0 spiro atoms. The zero-order valence-corrected chi connectivity index (χ0v) is 15.9. The molecule has 3 aromatic carbocycles. The highest BCUT2D eigenvalue weighted by Gasteiger charge is 2.18. The quantitative estimate of drug-likeness (QED) is 0.293. The Labute approximate surface area is 165 Å². The van der Waals surface area contributed by atoms with Crippen molar-refractivity contribution in [2.45, 2.75) is 6.92 Å². The molecule has 136 valence electrons. The van der Waals surface area contributed by atoms with Crippen molar-refractivity contribution in [3.8, 4) is 11.4 Å². The Morgan fingerprint density at radius 1 is 0.929 bits per heavy atom. The summed E-state index contributed by atoms with van der Waals surface area (Å²) in [5, 5.41) is 7.74. The minimum absolute atomic E-state index is 0.351. The van der Waals surface area contributed by atoms with Crippen molar-refractivity contribution in [3.05, 3.63) is 89.4 Å². The summed E-state index contributed by atoms with van der Waals surface area (Å²) in [6.07, 6.45) is 0. The van der Waals surface area contributed by atoms with Crippen LogP contribution in [0.2, 0.25) is 0 Å². The lowest BCUT2D eigenvalue weighted by Gasteiger charge is -2.04. The van der Waals surface area contributed by atoms with E-state index in [-0.39, 0.29) is 5.97 Å². The van der Waals surface area contributed by atoms with Gasteiger partial charge in [0.2, 0.25) is 0 Å². The first kappa shape index (κ1) is 16.7. The van der Waals surface area contributed by atoms with Crippen molar-refractivity contribution in [1.82, 2.24) is 9.78 Å². The number of carbonyl (C=O) groups excluding carboxylic acids is 1. The number of nitrogens with zero attached hydrogens (tertiary/aromatic N) is 2. The minimum atomic E-state index is -0.351. The zero-order valence-electron chi connectivity index (χ0n) is 15.1. The second kappa shape index (κ2) is 6.62. The predicted octanol–water partition coefficient (Wildman–Crippen LogP) is 5.77. The Balaban J connectivity index is 1.49. The van der Waals surface area contributed by atoms with Crippen LogP contribution in [-0.2, 0) is 0 Å². The van der Waals surface area contributed by atoms with E-state index < -0.39 is 0 Å². The van der Waals surface area contributed by atoms with Crippen LogP contribution in [0.15, 0.2) is 78.9 Å². The molecular formula is C23H16N2O2S. The SMILES string of the molecule is Cc1nn(-c2ccccc2)c2sc(C(=O)Oc3ccc4ccccc4c3)cc12. The van der Waals surface area contributed by atoms with Crippen LogP contribution in [0.4, 0.5) is 0 Å². The number of hydrogen-bond acceptors (Lipinski definition) is 4. The first-order chi connectivity index (χ1) is 13.7. The van der Waals surface area contributed by atoms with Crippen LogP contribution in [0, 0.1) is 6.92 Å². The molecule has 0 radical (unpaired) electrons. The summed E-state index contributed by atoms with van der Waals surface area (Å²) in [5.41, 5.74) is 1.86. The molecule has 0 bridgehead atoms. The monoisotopic (exact) mass is 384 g/mol. The van der Waals surface area contributed by atoms with E-state index in [4.69, 9.17) is 4.74 Å². The van der Waals surface area contributed by atoms with Crippen molar-refractivity contribution < 1.29 is 9.53 Å².